The van der Waals surface area contributed by atoms with Crippen molar-refractivity contribution >= 4 is 34.8 Å². The van der Waals surface area contributed by atoms with Crippen LogP contribution in [0.1, 0.15) is 17.3 Å². The highest BCUT2D eigenvalue weighted by Gasteiger charge is 2.20. The van der Waals surface area contributed by atoms with Crippen LogP contribution in [0.2, 0.25) is 5.02 Å². The van der Waals surface area contributed by atoms with Crippen LogP contribution in [-0.4, -0.2) is 56.0 Å². The van der Waals surface area contributed by atoms with Crippen LogP contribution in [0.25, 0.3) is 0 Å². The van der Waals surface area contributed by atoms with Crippen molar-refractivity contribution in [1.82, 2.24) is 10.2 Å². The van der Waals surface area contributed by atoms with Crippen molar-refractivity contribution in [3.63, 3.8) is 0 Å². The first-order valence-corrected chi connectivity index (χ1v) is 9.84. The molecule has 2 aromatic rings. The van der Waals surface area contributed by atoms with Crippen LogP contribution in [0.3, 0.4) is 0 Å². The van der Waals surface area contributed by atoms with Crippen LogP contribution < -0.4 is 15.5 Å². The number of anilines is 2. The number of para-hydroxylation sites is 1. The van der Waals surface area contributed by atoms with Crippen LogP contribution in [0.5, 0.6) is 0 Å². The van der Waals surface area contributed by atoms with Gasteiger partial charge in [-0.1, -0.05) is 29.8 Å². The first-order chi connectivity index (χ1) is 13.6. The van der Waals surface area contributed by atoms with Gasteiger partial charge in [0.15, 0.2) is 0 Å². The van der Waals surface area contributed by atoms with E-state index < -0.39 is 0 Å². The zero-order valence-electron chi connectivity index (χ0n) is 16.0. The number of carbonyl (C=O) groups excluding carboxylic acids is 2. The summed E-state index contributed by atoms with van der Waals surface area (Å²) in [5.41, 5.74) is 2.20. The topological polar surface area (TPSA) is 64.7 Å². The number of piperazine rings is 1. The summed E-state index contributed by atoms with van der Waals surface area (Å²) in [7, 11) is 0. The molecule has 3 rings (SSSR count). The molecule has 1 heterocycles. The highest BCUT2D eigenvalue weighted by molar-refractivity contribution is 6.33. The highest BCUT2D eigenvalue weighted by atomic mass is 35.5. The number of nitrogens with one attached hydrogen (secondary N) is 2. The first kappa shape index (κ1) is 20.2. The van der Waals surface area contributed by atoms with Crippen molar-refractivity contribution < 1.29 is 9.59 Å². The maximum absolute atomic E-state index is 12.4. The molecule has 0 aromatic heterocycles. The highest BCUT2D eigenvalue weighted by Crippen LogP contribution is 2.26. The van der Waals surface area contributed by atoms with Crippen molar-refractivity contribution in [3.8, 4) is 0 Å². The zero-order chi connectivity index (χ0) is 19.9. The van der Waals surface area contributed by atoms with Gasteiger partial charge in [0.2, 0.25) is 5.91 Å². The quantitative estimate of drug-likeness (QED) is 0.782. The number of hydrogen-bond acceptors (Lipinski definition) is 4. The average Bonchev–Trinajstić information content (AvgIpc) is 2.69. The van der Waals surface area contributed by atoms with Gasteiger partial charge in [-0.25, -0.2) is 0 Å². The Balaban J connectivity index is 1.50. The third-order valence-corrected chi connectivity index (χ3v) is 5.00. The molecule has 0 radical (unpaired) electrons. The lowest BCUT2D eigenvalue weighted by Crippen LogP contribution is -2.48. The minimum Gasteiger partial charge on any atom is -0.368 e. The Labute approximate surface area is 170 Å². The second-order valence-electron chi connectivity index (χ2n) is 6.70. The lowest BCUT2D eigenvalue weighted by atomic mass is 10.2. The second-order valence-corrected chi connectivity index (χ2v) is 7.11. The predicted molar refractivity (Wildman–Crippen MR) is 113 cm³/mol. The van der Waals surface area contributed by atoms with Gasteiger partial charge in [0, 0.05) is 44.0 Å². The molecule has 1 saturated heterocycles. The molecule has 1 aliphatic rings. The lowest BCUT2D eigenvalue weighted by molar-refractivity contribution is -0.117. The number of rotatable bonds is 6. The molecule has 0 aliphatic carbocycles. The maximum atomic E-state index is 12.4. The predicted octanol–water partition coefficient (Wildman–Crippen LogP) is 2.85. The van der Waals surface area contributed by atoms with Crippen molar-refractivity contribution in [2.75, 3.05) is 49.5 Å². The number of nitrogens with zero attached hydrogens (tertiary/aromatic N) is 2. The van der Waals surface area contributed by atoms with Gasteiger partial charge in [-0.2, -0.15) is 0 Å². The summed E-state index contributed by atoms with van der Waals surface area (Å²) in [6.45, 7) is 5.98. The molecule has 2 amide bonds. The molecule has 6 nitrogen and oxygen atoms in total. The molecule has 0 bridgehead atoms. The van der Waals surface area contributed by atoms with Gasteiger partial charge in [-0.05, 0) is 37.3 Å². The minimum absolute atomic E-state index is 0.0840. The summed E-state index contributed by atoms with van der Waals surface area (Å²) < 4.78 is 0. The van der Waals surface area contributed by atoms with Crippen LogP contribution in [0.15, 0.2) is 48.5 Å². The zero-order valence-corrected chi connectivity index (χ0v) is 16.7. The average molecular weight is 401 g/mol. The van der Waals surface area contributed by atoms with Crippen LogP contribution in [0.4, 0.5) is 11.4 Å². The maximum Gasteiger partial charge on any atom is 0.251 e. The van der Waals surface area contributed by atoms with Gasteiger partial charge in [0.1, 0.15) is 0 Å². The standard InChI is InChI=1S/C21H25ClN4O2/c1-2-23-21(28)16-6-5-7-17(14-16)24-20(27)15-25-10-12-26(13-11-25)19-9-4-3-8-18(19)22/h3-9,14H,2,10-13,15H2,1H3,(H,23,28)(H,24,27). The van der Waals surface area contributed by atoms with Gasteiger partial charge < -0.3 is 15.5 Å². The Morgan fingerprint density at radius 3 is 2.50 bits per heavy atom. The SMILES string of the molecule is CCNC(=O)c1cccc(NC(=O)CN2CCN(c3ccccc3Cl)CC2)c1. The molecular formula is C21H25ClN4O2. The number of halogens is 1. The monoisotopic (exact) mass is 400 g/mol. The third kappa shape index (κ3) is 5.24. The minimum atomic E-state index is -0.144. The molecule has 2 N–H and O–H groups in total. The fourth-order valence-electron chi connectivity index (χ4n) is 3.26. The van der Waals surface area contributed by atoms with Gasteiger partial charge in [0.05, 0.1) is 17.3 Å². The van der Waals surface area contributed by atoms with E-state index in [1.807, 2.05) is 31.2 Å². The van der Waals surface area contributed by atoms with E-state index in [0.717, 1.165) is 36.9 Å². The number of hydrogen-bond donors (Lipinski definition) is 2. The third-order valence-electron chi connectivity index (χ3n) is 4.68. The van der Waals surface area contributed by atoms with E-state index in [0.29, 0.717) is 24.3 Å². The fraction of sp³-hybridized carbons (Fsp3) is 0.333. The smallest absolute Gasteiger partial charge is 0.251 e. The molecule has 1 fully saturated rings. The van der Waals surface area contributed by atoms with Crippen LogP contribution in [-0.2, 0) is 4.79 Å². The molecule has 0 unspecified atom stereocenters. The van der Waals surface area contributed by atoms with Crippen LogP contribution >= 0.6 is 11.6 Å². The molecule has 148 valence electrons. The van der Waals surface area contributed by atoms with Crippen molar-refractivity contribution in [2.45, 2.75) is 6.92 Å². The largest absolute Gasteiger partial charge is 0.368 e. The van der Waals surface area contributed by atoms with Crippen molar-refractivity contribution in [3.05, 3.63) is 59.1 Å². The van der Waals surface area contributed by atoms with E-state index in [4.69, 9.17) is 11.6 Å². The van der Waals surface area contributed by atoms with E-state index in [1.165, 1.54) is 0 Å². The van der Waals surface area contributed by atoms with Gasteiger partial charge in [-0.15, -0.1) is 0 Å². The molecular weight excluding hydrogens is 376 g/mol. The molecule has 0 atom stereocenters. The second kappa shape index (κ2) is 9.57. The summed E-state index contributed by atoms with van der Waals surface area (Å²) in [6.07, 6.45) is 0. The summed E-state index contributed by atoms with van der Waals surface area (Å²) in [6, 6.07) is 14.8. The number of amides is 2. The molecule has 7 heteroatoms. The fourth-order valence-corrected chi connectivity index (χ4v) is 3.51. The summed E-state index contributed by atoms with van der Waals surface area (Å²) in [5, 5.41) is 6.39. The van der Waals surface area contributed by atoms with Gasteiger partial charge in [-0.3, -0.25) is 14.5 Å². The summed E-state index contributed by atoms with van der Waals surface area (Å²) >= 11 is 6.28. The number of benzene rings is 2. The normalized spacial score (nSPS) is 14.6. The van der Waals surface area contributed by atoms with Gasteiger partial charge in [0.25, 0.3) is 5.91 Å². The molecule has 2 aromatic carbocycles. The summed E-state index contributed by atoms with van der Waals surface area (Å²) in [4.78, 5) is 28.7. The Morgan fingerprint density at radius 2 is 1.79 bits per heavy atom. The van der Waals surface area contributed by atoms with Gasteiger partial charge >= 0.3 is 0 Å². The van der Waals surface area contributed by atoms with Crippen molar-refractivity contribution in [1.29, 1.82) is 0 Å². The Hall–Kier alpha value is -2.57. The molecule has 1 aliphatic heterocycles. The summed E-state index contributed by atoms with van der Waals surface area (Å²) in [5.74, 6) is -0.228. The Kier molecular flexibility index (Phi) is 6.90. The first-order valence-electron chi connectivity index (χ1n) is 9.46. The van der Waals surface area contributed by atoms with Crippen molar-refractivity contribution in [2.24, 2.45) is 0 Å². The Bertz CT molecular complexity index is 835. The Morgan fingerprint density at radius 1 is 1.04 bits per heavy atom. The van der Waals surface area contributed by atoms with E-state index in [9.17, 15) is 9.59 Å². The number of carbonyl (C=O) groups is 2. The van der Waals surface area contributed by atoms with E-state index in [2.05, 4.69) is 20.4 Å². The molecule has 28 heavy (non-hydrogen) atoms. The lowest BCUT2D eigenvalue weighted by Gasteiger charge is -2.36. The molecule has 0 saturated carbocycles. The van der Waals surface area contributed by atoms with Crippen LogP contribution in [0, 0.1) is 0 Å². The van der Waals surface area contributed by atoms with E-state index in [-0.39, 0.29) is 11.8 Å². The van der Waals surface area contributed by atoms with E-state index >= 15 is 0 Å². The van der Waals surface area contributed by atoms with E-state index in [1.54, 1.807) is 24.3 Å². The molecule has 0 spiro atoms.